The van der Waals surface area contributed by atoms with Crippen LogP contribution in [0.3, 0.4) is 0 Å². The van der Waals surface area contributed by atoms with E-state index in [0.29, 0.717) is 12.5 Å². The third-order valence-electron chi connectivity index (χ3n) is 3.61. The van der Waals surface area contributed by atoms with Crippen molar-refractivity contribution in [3.05, 3.63) is 35.9 Å². The van der Waals surface area contributed by atoms with Crippen molar-refractivity contribution in [2.75, 3.05) is 19.1 Å². The number of hydrogen-bond acceptors (Lipinski definition) is 11. The van der Waals surface area contributed by atoms with Crippen molar-refractivity contribution < 1.29 is 49.7 Å². The van der Waals surface area contributed by atoms with E-state index in [1.54, 1.807) is 18.2 Å². The van der Waals surface area contributed by atoms with Gasteiger partial charge in [-0.1, -0.05) is 18.2 Å². The van der Waals surface area contributed by atoms with Gasteiger partial charge >= 0.3 is 5.97 Å². The van der Waals surface area contributed by atoms with E-state index in [1.807, 2.05) is 0 Å². The van der Waals surface area contributed by atoms with E-state index >= 15 is 0 Å². The monoisotopic (exact) mass is 440 g/mol. The highest BCUT2D eigenvalue weighted by Gasteiger charge is 2.51. The minimum Gasteiger partial charge on any atom is -0.453 e. The first-order chi connectivity index (χ1) is 12.9. The Hall–Kier alpha value is -1.61. The Morgan fingerprint density at radius 3 is 2.04 bits per heavy atom. The molecule has 5 atom stereocenters. The predicted molar refractivity (Wildman–Crippen MR) is 93.0 cm³/mol. The van der Waals surface area contributed by atoms with E-state index in [-0.39, 0.29) is 5.56 Å². The molecular formula is C15H20O11S2. The fourth-order valence-corrected chi connectivity index (χ4v) is 3.80. The van der Waals surface area contributed by atoms with E-state index in [9.17, 15) is 31.8 Å². The molecule has 1 heterocycles. The van der Waals surface area contributed by atoms with Crippen molar-refractivity contribution in [3.63, 3.8) is 0 Å². The molecule has 1 aliphatic rings. The summed E-state index contributed by atoms with van der Waals surface area (Å²) in [5.74, 6) is -0.913. The molecule has 28 heavy (non-hydrogen) atoms. The molecule has 0 bridgehead atoms. The van der Waals surface area contributed by atoms with E-state index in [0.717, 1.165) is 0 Å². The maximum absolute atomic E-state index is 12.4. The number of esters is 1. The molecule has 1 fully saturated rings. The van der Waals surface area contributed by atoms with Crippen LogP contribution in [-0.2, 0) is 38.1 Å². The van der Waals surface area contributed by atoms with Crippen LogP contribution in [0, 0.1) is 0 Å². The molecule has 0 radical (unpaired) electrons. The normalized spacial score (nSPS) is 28.6. The number of ether oxygens (including phenoxy) is 2. The molecule has 1 aromatic rings. The quantitative estimate of drug-likeness (QED) is 0.379. The second-order valence-electron chi connectivity index (χ2n) is 6.01. The highest BCUT2D eigenvalue weighted by atomic mass is 32.2. The molecule has 0 unspecified atom stereocenters. The Morgan fingerprint density at radius 1 is 1.00 bits per heavy atom. The average molecular weight is 440 g/mol. The number of benzene rings is 1. The zero-order valence-electron chi connectivity index (χ0n) is 14.9. The SMILES string of the molecule is CS(=O)(=O)O[C@@H]1[C@@H](OS(C)(=O)=O)[C@@H](O)O[C@H](CO)[C@H]1OC(=O)c1ccccc1. The number of rotatable bonds is 7. The lowest BCUT2D eigenvalue weighted by atomic mass is 9.99. The lowest BCUT2D eigenvalue weighted by Crippen LogP contribution is -2.62. The average Bonchev–Trinajstić information content (AvgIpc) is 2.58. The largest absolute Gasteiger partial charge is 0.453 e. The number of hydrogen-bond donors (Lipinski definition) is 2. The maximum atomic E-state index is 12.4. The Bertz CT molecular complexity index is 882. The third-order valence-corrected chi connectivity index (χ3v) is 4.76. The van der Waals surface area contributed by atoms with Gasteiger partial charge in [-0.05, 0) is 12.1 Å². The maximum Gasteiger partial charge on any atom is 0.338 e. The summed E-state index contributed by atoms with van der Waals surface area (Å²) in [7, 11) is -8.41. The van der Waals surface area contributed by atoms with Crippen molar-refractivity contribution in [2.24, 2.45) is 0 Å². The van der Waals surface area contributed by atoms with Gasteiger partial charge in [0.25, 0.3) is 20.2 Å². The minimum absolute atomic E-state index is 0.101. The van der Waals surface area contributed by atoms with Gasteiger partial charge in [0.15, 0.2) is 18.5 Å². The van der Waals surface area contributed by atoms with Crippen LogP contribution in [-0.4, -0.2) is 82.8 Å². The highest BCUT2D eigenvalue weighted by Crippen LogP contribution is 2.29. The van der Waals surface area contributed by atoms with Gasteiger partial charge < -0.3 is 19.7 Å². The van der Waals surface area contributed by atoms with Gasteiger partial charge in [-0.25, -0.2) is 4.79 Å². The summed E-state index contributed by atoms with van der Waals surface area (Å²) < 4.78 is 66.2. The highest BCUT2D eigenvalue weighted by molar-refractivity contribution is 7.86. The Labute approximate surface area is 162 Å². The van der Waals surface area contributed by atoms with Crippen molar-refractivity contribution in [3.8, 4) is 0 Å². The molecule has 2 N–H and O–H groups in total. The smallest absolute Gasteiger partial charge is 0.338 e. The van der Waals surface area contributed by atoms with Gasteiger partial charge in [0.05, 0.1) is 24.7 Å². The van der Waals surface area contributed by atoms with Crippen molar-refractivity contribution in [2.45, 2.75) is 30.7 Å². The second kappa shape index (κ2) is 8.82. The zero-order chi connectivity index (χ0) is 21.1. The standard InChI is InChI=1S/C15H20O11S2/c1-27(19,20)25-12-11(24-14(17)9-6-4-3-5-7-9)10(8-16)23-15(18)13(12)26-28(2,21)22/h3-7,10-13,15-16,18H,8H2,1-2H3/t10-,11-,12+,13-,15+/m1/s1. The molecule has 0 aliphatic carbocycles. The first kappa shape index (κ1) is 22.7. The summed E-state index contributed by atoms with van der Waals surface area (Å²) in [5, 5.41) is 19.5. The minimum atomic E-state index is -4.22. The molecule has 1 aromatic carbocycles. The Balaban J connectivity index is 2.41. The molecule has 0 aromatic heterocycles. The summed E-state index contributed by atoms with van der Waals surface area (Å²) in [6, 6.07) is 7.61. The molecule has 1 aliphatic heterocycles. The van der Waals surface area contributed by atoms with E-state index in [2.05, 4.69) is 0 Å². The number of carbonyl (C=O) groups is 1. The Morgan fingerprint density at radius 2 is 1.54 bits per heavy atom. The van der Waals surface area contributed by atoms with Crippen LogP contribution >= 0.6 is 0 Å². The van der Waals surface area contributed by atoms with E-state index in [4.69, 9.17) is 17.8 Å². The van der Waals surface area contributed by atoms with Crippen LogP contribution in [0.1, 0.15) is 10.4 Å². The number of carbonyl (C=O) groups excluding carboxylic acids is 1. The van der Waals surface area contributed by atoms with Crippen LogP contribution in [0.25, 0.3) is 0 Å². The molecule has 0 spiro atoms. The Kier molecular flexibility index (Phi) is 7.14. The molecular weight excluding hydrogens is 420 g/mol. The van der Waals surface area contributed by atoms with Crippen LogP contribution in [0.2, 0.25) is 0 Å². The number of aliphatic hydroxyl groups excluding tert-OH is 2. The van der Waals surface area contributed by atoms with Crippen molar-refractivity contribution in [1.29, 1.82) is 0 Å². The van der Waals surface area contributed by atoms with Crippen LogP contribution < -0.4 is 0 Å². The molecule has 0 saturated carbocycles. The predicted octanol–water partition coefficient (Wildman–Crippen LogP) is -1.39. The van der Waals surface area contributed by atoms with Gasteiger partial charge in [-0.2, -0.15) is 16.8 Å². The van der Waals surface area contributed by atoms with Gasteiger partial charge in [0.1, 0.15) is 12.2 Å². The summed E-state index contributed by atoms with van der Waals surface area (Å²) in [5.41, 5.74) is 0.101. The fraction of sp³-hybridized carbons (Fsp3) is 0.533. The summed E-state index contributed by atoms with van der Waals surface area (Å²) in [6.07, 6.45) is -7.34. The van der Waals surface area contributed by atoms with E-state index < -0.39 is 63.5 Å². The fourth-order valence-electron chi connectivity index (χ4n) is 2.57. The van der Waals surface area contributed by atoms with Crippen molar-refractivity contribution >= 4 is 26.2 Å². The molecule has 1 saturated heterocycles. The molecule has 158 valence electrons. The van der Waals surface area contributed by atoms with Gasteiger partial charge in [0.2, 0.25) is 0 Å². The topological polar surface area (TPSA) is 163 Å². The molecule has 2 rings (SSSR count). The second-order valence-corrected chi connectivity index (χ2v) is 9.21. The molecule has 0 amide bonds. The summed E-state index contributed by atoms with van der Waals surface area (Å²) in [4.78, 5) is 12.4. The van der Waals surface area contributed by atoms with Crippen LogP contribution in [0.5, 0.6) is 0 Å². The van der Waals surface area contributed by atoms with Crippen molar-refractivity contribution in [1.82, 2.24) is 0 Å². The lowest BCUT2D eigenvalue weighted by molar-refractivity contribution is -0.274. The van der Waals surface area contributed by atoms with Gasteiger partial charge in [0, 0.05) is 0 Å². The van der Waals surface area contributed by atoms with Crippen LogP contribution in [0.15, 0.2) is 30.3 Å². The molecule has 11 nitrogen and oxygen atoms in total. The molecule has 13 heteroatoms. The summed E-state index contributed by atoms with van der Waals surface area (Å²) in [6.45, 7) is -0.793. The van der Waals surface area contributed by atoms with Crippen LogP contribution in [0.4, 0.5) is 0 Å². The zero-order valence-corrected chi connectivity index (χ0v) is 16.5. The van der Waals surface area contributed by atoms with E-state index in [1.165, 1.54) is 12.1 Å². The first-order valence-electron chi connectivity index (χ1n) is 7.88. The van der Waals surface area contributed by atoms with Gasteiger partial charge in [-0.3, -0.25) is 8.37 Å². The lowest BCUT2D eigenvalue weighted by Gasteiger charge is -2.42. The number of aliphatic hydroxyl groups is 2. The first-order valence-corrected chi connectivity index (χ1v) is 11.5. The third kappa shape index (κ3) is 6.20. The summed E-state index contributed by atoms with van der Waals surface area (Å²) >= 11 is 0. The van der Waals surface area contributed by atoms with Gasteiger partial charge in [-0.15, -0.1) is 0 Å².